The van der Waals surface area contributed by atoms with Gasteiger partial charge in [0.15, 0.2) is 0 Å². The van der Waals surface area contributed by atoms with Gasteiger partial charge in [-0.05, 0) is 43.4 Å². The standard InChI is InChI=1S/C17H35NO/c1-14(2)18-13-17(9-7-15(3)8-10-17)19-12-11-16(4,5)6/h14-15,18H,7-13H2,1-6H3. The molecular weight excluding hydrogens is 234 g/mol. The van der Waals surface area contributed by atoms with Gasteiger partial charge < -0.3 is 10.1 Å². The molecule has 0 bridgehead atoms. The Labute approximate surface area is 120 Å². The maximum absolute atomic E-state index is 6.38. The summed E-state index contributed by atoms with van der Waals surface area (Å²) in [5.74, 6) is 0.874. The van der Waals surface area contributed by atoms with E-state index in [1.54, 1.807) is 0 Å². The summed E-state index contributed by atoms with van der Waals surface area (Å²) in [5, 5.41) is 3.59. The van der Waals surface area contributed by atoms with E-state index < -0.39 is 0 Å². The largest absolute Gasteiger partial charge is 0.374 e. The van der Waals surface area contributed by atoms with Gasteiger partial charge in [-0.25, -0.2) is 0 Å². The lowest BCUT2D eigenvalue weighted by atomic mass is 9.79. The summed E-state index contributed by atoms with van der Waals surface area (Å²) < 4.78 is 6.38. The Morgan fingerprint density at radius 1 is 1.21 bits per heavy atom. The van der Waals surface area contributed by atoms with Gasteiger partial charge in [-0.3, -0.25) is 0 Å². The summed E-state index contributed by atoms with van der Waals surface area (Å²) in [6.45, 7) is 15.6. The number of ether oxygens (including phenoxy) is 1. The van der Waals surface area contributed by atoms with Crippen molar-refractivity contribution in [2.24, 2.45) is 11.3 Å². The predicted molar refractivity (Wildman–Crippen MR) is 83.5 cm³/mol. The van der Waals surface area contributed by atoms with Gasteiger partial charge in [0.1, 0.15) is 0 Å². The van der Waals surface area contributed by atoms with E-state index in [2.05, 4.69) is 46.9 Å². The molecule has 0 heterocycles. The maximum Gasteiger partial charge on any atom is 0.0806 e. The Bertz CT molecular complexity index is 246. The molecule has 19 heavy (non-hydrogen) atoms. The van der Waals surface area contributed by atoms with E-state index in [-0.39, 0.29) is 5.60 Å². The van der Waals surface area contributed by atoms with E-state index in [1.807, 2.05) is 0 Å². The maximum atomic E-state index is 6.38. The van der Waals surface area contributed by atoms with Crippen LogP contribution in [-0.4, -0.2) is 24.8 Å². The first kappa shape index (κ1) is 17.0. The molecule has 0 saturated heterocycles. The second-order valence-corrected chi connectivity index (χ2v) is 8.06. The Kier molecular flexibility index (Phi) is 6.32. The highest BCUT2D eigenvalue weighted by atomic mass is 16.5. The summed E-state index contributed by atoms with van der Waals surface area (Å²) >= 11 is 0. The van der Waals surface area contributed by atoms with Gasteiger partial charge in [0.2, 0.25) is 0 Å². The molecule has 0 atom stereocenters. The summed E-state index contributed by atoms with van der Waals surface area (Å²) in [6, 6.07) is 0.544. The molecule has 0 aromatic carbocycles. The smallest absolute Gasteiger partial charge is 0.0806 e. The summed E-state index contributed by atoms with van der Waals surface area (Å²) in [5.41, 5.74) is 0.469. The zero-order valence-electron chi connectivity index (χ0n) is 14.0. The van der Waals surface area contributed by atoms with Gasteiger partial charge in [-0.1, -0.05) is 41.5 Å². The molecule has 0 aromatic rings. The van der Waals surface area contributed by atoms with Gasteiger partial charge in [0.25, 0.3) is 0 Å². The SMILES string of the molecule is CC1CCC(CNC(C)C)(OCCC(C)(C)C)CC1. The molecule has 2 nitrogen and oxygen atoms in total. The van der Waals surface area contributed by atoms with Crippen LogP contribution in [0.4, 0.5) is 0 Å². The van der Waals surface area contributed by atoms with Crippen molar-refractivity contribution in [2.75, 3.05) is 13.2 Å². The highest BCUT2D eigenvalue weighted by molar-refractivity contribution is 4.89. The van der Waals surface area contributed by atoms with Crippen molar-refractivity contribution < 1.29 is 4.74 Å². The van der Waals surface area contributed by atoms with Crippen molar-refractivity contribution in [1.29, 1.82) is 0 Å². The molecule has 1 saturated carbocycles. The van der Waals surface area contributed by atoms with Crippen molar-refractivity contribution in [3.63, 3.8) is 0 Å². The average Bonchev–Trinajstić information content (AvgIpc) is 2.28. The van der Waals surface area contributed by atoms with Crippen LogP contribution in [0.2, 0.25) is 0 Å². The minimum Gasteiger partial charge on any atom is -0.374 e. The number of nitrogens with one attached hydrogen (secondary N) is 1. The van der Waals surface area contributed by atoms with Crippen molar-refractivity contribution >= 4 is 0 Å². The first-order chi connectivity index (χ1) is 8.72. The van der Waals surface area contributed by atoms with Crippen molar-refractivity contribution in [3.05, 3.63) is 0 Å². The number of hydrogen-bond acceptors (Lipinski definition) is 2. The monoisotopic (exact) mass is 269 g/mol. The zero-order chi connectivity index (χ0) is 14.5. The van der Waals surface area contributed by atoms with Gasteiger partial charge in [-0.15, -0.1) is 0 Å². The van der Waals surface area contributed by atoms with Crippen LogP contribution < -0.4 is 5.32 Å². The highest BCUT2D eigenvalue weighted by Gasteiger charge is 2.35. The van der Waals surface area contributed by atoms with Gasteiger partial charge in [0, 0.05) is 19.2 Å². The Morgan fingerprint density at radius 2 is 1.79 bits per heavy atom. The third-order valence-electron chi connectivity index (χ3n) is 4.28. The van der Waals surface area contributed by atoms with E-state index in [1.165, 1.54) is 25.7 Å². The predicted octanol–water partition coefficient (Wildman–Crippen LogP) is 4.39. The second kappa shape index (κ2) is 7.08. The molecular formula is C17H35NO. The lowest BCUT2D eigenvalue weighted by Crippen LogP contribution is -2.47. The minimum absolute atomic E-state index is 0.0992. The van der Waals surface area contributed by atoms with Crippen LogP contribution in [-0.2, 0) is 4.74 Å². The Morgan fingerprint density at radius 3 is 2.26 bits per heavy atom. The fourth-order valence-corrected chi connectivity index (χ4v) is 2.62. The molecule has 1 N–H and O–H groups in total. The molecule has 1 aliphatic carbocycles. The van der Waals surface area contributed by atoms with E-state index in [0.29, 0.717) is 11.5 Å². The first-order valence-electron chi connectivity index (χ1n) is 8.10. The van der Waals surface area contributed by atoms with E-state index in [4.69, 9.17) is 4.74 Å². The minimum atomic E-state index is 0.0992. The van der Waals surface area contributed by atoms with Crippen molar-refractivity contribution in [3.8, 4) is 0 Å². The molecule has 0 aromatic heterocycles. The quantitative estimate of drug-likeness (QED) is 0.772. The zero-order valence-corrected chi connectivity index (χ0v) is 14.0. The second-order valence-electron chi connectivity index (χ2n) is 8.06. The summed E-state index contributed by atoms with van der Waals surface area (Å²) in [7, 11) is 0. The first-order valence-corrected chi connectivity index (χ1v) is 8.10. The molecule has 1 fully saturated rings. The van der Waals surface area contributed by atoms with Crippen molar-refractivity contribution in [1.82, 2.24) is 5.32 Å². The molecule has 2 heteroatoms. The summed E-state index contributed by atoms with van der Waals surface area (Å²) in [6.07, 6.45) is 6.21. The van der Waals surface area contributed by atoms with Crippen molar-refractivity contribution in [2.45, 2.75) is 85.3 Å². The Balaban J connectivity index is 2.49. The molecule has 1 rings (SSSR count). The normalized spacial score (nSPS) is 28.9. The van der Waals surface area contributed by atoms with Crippen LogP contribution in [0.5, 0.6) is 0 Å². The fraction of sp³-hybridized carbons (Fsp3) is 1.00. The van der Waals surface area contributed by atoms with Gasteiger partial charge >= 0.3 is 0 Å². The van der Waals surface area contributed by atoms with Crippen LogP contribution in [0.25, 0.3) is 0 Å². The highest BCUT2D eigenvalue weighted by Crippen LogP contribution is 2.35. The van der Waals surface area contributed by atoms with Crippen LogP contribution in [0.3, 0.4) is 0 Å². The van der Waals surface area contributed by atoms with Crippen LogP contribution in [0.15, 0.2) is 0 Å². The molecule has 114 valence electrons. The molecule has 0 spiro atoms. The molecule has 0 radical (unpaired) electrons. The third kappa shape index (κ3) is 6.76. The average molecular weight is 269 g/mol. The van der Waals surface area contributed by atoms with Crippen LogP contribution >= 0.6 is 0 Å². The van der Waals surface area contributed by atoms with Crippen LogP contribution in [0, 0.1) is 11.3 Å². The van der Waals surface area contributed by atoms with E-state index >= 15 is 0 Å². The van der Waals surface area contributed by atoms with E-state index in [0.717, 1.165) is 25.5 Å². The lowest BCUT2D eigenvalue weighted by Gasteiger charge is -2.40. The Hall–Kier alpha value is -0.0800. The lowest BCUT2D eigenvalue weighted by molar-refractivity contribution is -0.0824. The summed E-state index contributed by atoms with van der Waals surface area (Å²) in [4.78, 5) is 0. The molecule has 1 aliphatic rings. The van der Waals surface area contributed by atoms with Gasteiger partial charge in [0.05, 0.1) is 5.60 Å². The molecule has 0 amide bonds. The van der Waals surface area contributed by atoms with E-state index in [9.17, 15) is 0 Å². The molecule has 0 unspecified atom stereocenters. The number of rotatable bonds is 6. The fourth-order valence-electron chi connectivity index (χ4n) is 2.62. The molecule has 0 aliphatic heterocycles. The van der Waals surface area contributed by atoms with Gasteiger partial charge in [-0.2, -0.15) is 0 Å². The van der Waals surface area contributed by atoms with Crippen LogP contribution in [0.1, 0.15) is 73.6 Å². The number of hydrogen-bond donors (Lipinski definition) is 1. The third-order valence-corrected chi connectivity index (χ3v) is 4.28. The topological polar surface area (TPSA) is 21.3 Å².